The highest BCUT2D eigenvalue weighted by Gasteiger charge is 2.30. The number of aliphatic carboxylic acids is 1. The molecule has 0 bridgehead atoms. The predicted molar refractivity (Wildman–Crippen MR) is 70.4 cm³/mol. The molecule has 18 heavy (non-hydrogen) atoms. The van der Waals surface area contributed by atoms with E-state index in [1.807, 2.05) is 0 Å². The van der Waals surface area contributed by atoms with Crippen molar-refractivity contribution >= 4 is 5.97 Å². The molecule has 0 amide bonds. The number of hydrogen-bond donors (Lipinski definition) is 3. The number of carboxylic acids is 1. The van der Waals surface area contributed by atoms with Crippen LogP contribution in [0.4, 0.5) is 0 Å². The molecule has 1 aliphatic heterocycles. The summed E-state index contributed by atoms with van der Waals surface area (Å²) in [4.78, 5) is 10.5. The summed E-state index contributed by atoms with van der Waals surface area (Å²) in [5.41, 5.74) is 5.92. The molecule has 1 aliphatic rings. The Morgan fingerprint density at radius 2 is 2.11 bits per heavy atom. The van der Waals surface area contributed by atoms with Gasteiger partial charge in [-0.3, -0.25) is 4.79 Å². The molecule has 0 aromatic heterocycles. The lowest BCUT2D eigenvalue weighted by Gasteiger charge is -2.37. The van der Waals surface area contributed by atoms with Crippen molar-refractivity contribution in [2.75, 3.05) is 26.3 Å². The second kappa shape index (κ2) is 7.07. The van der Waals surface area contributed by atoms with E-state index in [0.29, 0.717) is 12.5 Å². The van der Waals surface area contributed by atoms with Crippen LogP contribution < -0.4 is 11.1 Å². The van der Waals surface area contributed by atoms with Gasteiger partial charge in [-0.2, -0.15) is 0 Å². The van der Waals surface area contributed by atoms with Gasteiger partial charge in [0.1, 0.15) is 0 Å². The number of carboxylic acid groups (broad SMARTS) is 1. The molecule has 5 heteroatoms. The van der Waals surface area contributed by atoms with Gasteiger partial charge in [0, 0.05) is 32.3 Å². The fourth-order valence-electron chi connectivity index (χ4n) is 2.50. The Morgan fingerprint density at radius 1 is 1.50 bits per heavy atom. The van der Waals surface area contributed by atoms with Crippen LogP contribution in [0.2, 0.25) is 0 Å². The van der Waals surface area contributed by atoms with Gasteiger partial charge in [-0.25, -0.2) is 0 Å². The largest absolute Gasteiger partial charge is 0.481 e. The van der Waals surface area contributed by atoms with Crippen LogP contribution in [0.25, 0.3) is 0 Å². The van der Waals surface area contributed by atoms with Crippen molar-refractivity contribution in [3.05, 3.63) is 0 Å². The molecule has 4 N–H and O–H groups in total. The Labute approximate surface area is 109 Å². The van der Waals surface area contributed by atoms with Crippen LogP contribution >= 0.6 is 0 Å². The van der Waals surface area contributed by atoms with Crippen LogP contribution in [0.1, 0.15) is 33.1 Å². The van der Waals surface area contributed by atoms with Gasteiger partial charge < -0.3 is 20.9 Å². The van der Waals surface area contributed by atoms with E-state index in [1.165, 1.54) is 0 Å². The molecule has 0 spiro atoms. The van der Waals surface area contributed by atoms with Crippen molar-refractivity contribution < 1.29 is 14.6 Å². The van der Waals surface area contributed by atoms with Crippen LogP contribution in [0.15, 0.2) is 0 Å². The van der Waals surface area contributed by atoms with E-state index in [4.69, 9.17) is 15.6 Å². The van der Waals surface area contributed by atoms with Gasteiger partial charge in [0.15, 0.2) is 0 Å². The van der Waals surface area contributed by atoms with Crippen LogP contribution in [0.3, 0.4) is 0 Å². The van der Waals surface area contributed by atoms with E-state index in [1.54, 1.807) is 0 Å². The molecule has 0 aromatic rings. The lowest BCUT2D eigenvalue weighted by atomic mass is 9.74. The summed E-state index contributed by atoms with van der Waals surface area (Å²) in [5.74, 6) is -0.178. The monoisotopic (exact) mass is 258 g/mol. The zero-order valence-electron chi connectivity index (χ0n) is 11.4. The van der Waals surface area contributed by atoms with Crippen molar-refractivity contribution in [2.45, 2.75) is 39.2 Å². The fraction of sp³-hybridized carbons (Fsp3) is 0.923. The highest BCUT2D eigenvalue weighted by molar-refractivity contribution is 5.67. The molecule has 1 fully saturated rings. The third kappa shape index (κ3) is 5.33. The number of carbonyl (C=O) groups is 1. The number of rotatable bonds is 7. The molecule has 0 aromatic carbocycles. The first-order chi connectivity index (χ1) is 8.42. The van der Waals surface area contributed by atoms with E-state index >= 15 is 0 Å². The predicted octanol–water partition coefficient (Wildman–Crippen LogP) is 0.831. The number of hydrogen-bond acceptors (Lipinski definition) is 4. The van der Waals surface area contributed by atoms with Gasteiger partial charge in [-0.1, -0.05) is 13.8 Å². The molecule has 0 aliphatic carbocycles. The third-order valence-electron chi connectivity index (χ3n) is 3.75. The Balaban J connectivity index is 2.25. The lowest BCUT2D eigenvalue weighted by Crippen LogP contribution is -2.43. The zero-order chi connectivity index (χ0) is 13.6. The maximum Gasteiger partial charge on any atom is 0.304 e. The van der Waals surface area contributed by atoms with Gasteiger partial charge in [-0.15, -0.1) is 0 Å². The van der Waals surface area contributed by atoms with Crippen LogP contribution in [-0.4, -0.2) is 43.4 Å². The fourth-order valence-corrected chi connectivity index (χ4v) is 2.50. The molecule has 0 saturated carbocycles. The Kier molecular flexibility index (Phi) is 6.05. The summed E-state index contributed by atoms with van der Waals surface area (Å²) in [6.45, 7) is 7.63. The maximum atomic E-state index is 10.5. The first kappa shape index (κ1) is 15.4. The van der Waals surface area contributed by atoms with Crippen molar-refractivity contribution in [3.8, 4) is 0 Å². The number of ether oxygens (including phenoxy) is 1. The zero-order valence-corrected chi connectivity index (χ0v) is 11.4. The van der Waals surface area contributed by atoms with Crippen LogP contribution in [0, 0.1) is 11.3 Å². The minimum atomic E-state index is -0.840. The molecule has 0 radical (unpaired) electrons. The van der Waals surface area contributed by atoms with Crippen LogP contribution in [-0.2, 0) is 9.53 Å². The van der Waals surface area contributed by atoms with Crippen molar-refractivity contribution in [1.29, 1.82) is 0 Å². The summed E-state index contributed by atoms with van der Waals surface area (Å²) >= 11 is 0. The normalized spacial score (nSPS) is 19.7. The number of nitrogens with one attached hydrogen (secondary N) is 1. The van der Waals surface area contributed by atoms with Gasteiger partial charge in [0.05, 0.1) is 6.42 Å². The quantitative estimate of drug-likeness (QED) is 0.630. The molecule has 5 nitrogen and oxygen atoms in total. The second-order valence-corrected chi connectivity index (χ2v) is 5.86. The molecule has 1 saturated heterocycles. The third-order valence-corrected chi connectivity index (χ3v) is 3.75. The van der Waals surface area contributed by atoms with E-state index in [0.717, 1.165) is 32.6 Å². The average molecular weight is 258 g/mol. The van der Waals surface area contributed by atoms with Crippen molar-refractivity contribution in [1.82, 2.24) is 5.32 Å². The summed E-state index contributed by atoms with van der Waals surface area (Å²) < 4.78 is 5.38. The van der Waals surface area contributed by atoms with Gasteiger partial charge in [-0.05, 0) is 24.2 Å². The standard InChI is InChI=1S/C13H26N2O3/c1-13(2,10-3-5-18-6-4-10)9-15-8-11(14)7-12(16)17/h10-11,15H,3-9,14H2,1-2H3,(H,16,17). The summed E-state index contributed by atoms with van der Waals surface area (Å²) in [6.07, 6.45) is 2.23. The molecule has 1 atom stereocenters. The lowest BCUT2D eigenvalue weighted by molar-refractivity contribution is -0.137. The molecule has 1 unspecified atom stereocenters. The van der Waals surface area contributed by atoms with E-state index in [-0.39, 0.29) is 17.9 Å². The van der Waals surface area contributed by atoms with Crippen molar-refractivity contribution in [3.63, 3.8) is 0 Å². The summed E-state index contributed by atoms with van der Waals surface area (Å²) in [5, 5.41) is 11.9. The first-order valence-corrected chi connectivity index (χ1v) is 6.67. The molecular weight excluding hydrogens is 232 g/mol. The summed E-state index contributed by atoms with van der Waals surface area (Å²) in [7, 11) is 0. The number of nitrogens with two attached hydrogens (primary N) is 1. The Bertz CT molecular complexity index is 263. The smallest absolute Gasteiger partial charge is 0.304 e. The highest BCUT2D eigenvalue weighted by Crippen LogP contribution is 2.33. The highest BCUT2D eigenvalue weighted by atomic mass is 16.5. The average Bonchev–Trinajstić information content (AvgIpc) is 2.29. The summed E-state index contributed by atoms with van der Waals surface area (Å²) in [6, 6.07) is -0.312. The second-order valence-electron chi connectivity index (χ2n) is 5.86. The Hall–Kier alpha value is -0.650. The van der Waals surface area contributed by atoms with Crippen LogP contribution in [0.5, 0.6) is 0 Å². The van der Waals surface area contributed by atoms with Gasteiger partial charge in [0.25, 0.3) is 0 Å². The maximum absolute atomic E-state index is 10.5. The Morgan fingerprint density at radius 3 is 2.67 bits per heavy atom. The van der Waals surface area contributed by atoms with E-state index in [9.17, 15) is 4.79 Å². The van der Waals surface area contributed by atoms with E-state index in [2.05, 4.69) is 19.2 Å². The minimum absolute atomic E-state index is 0.0185. The molecular formula is C13H26N2O3. The van der Waals surface area contributed by atoms with Crippen molar-refractivity contribution in [2.24, 2.45) is 17.1 Å². The minimum Gasteiger partial charge on any atom is -0.481 e. The molecule has 106 valence electrons. The molecule has 1 heterocycles. The topological polar surface area (TPSA) is 84.6 Å². The molecule has 1 rings (SSSR count). The SMILES string of the molecule is CC(C)(CNCC(N)CC(=O)O)C1CCOCC1. The van der Waals surface area contributed by atoms with Gasteiger partial charge in [0.2, 0.25) is 0 Å². The van der Waals surface area contributed by atoms with Gasteiger partial charge >= 0.3 is 5.97 Å². The first-order valence-electron chi connectivity index (χ1n) is 6.67. The van der Waals surface area contributed by atoms with E-state index < -0.39 is 5.97 Å².